The van der Waals surface area contributed by atoms with Gasteiger partial charge in [-0.1, -0.05) is 26.0 Å². The Morgan fingerprint density at radius 1 is 0.586 bits per heavy atom. The fourth-order valence-corrected chi connectivity index (χ4v) is 2.14. The molecule has 1 radical (unpaired) electrons. The number of hydrogen-bond acceptors (Lipinski definition) is 0. The first-order valence-electron chi connectivity index (χ1n) is 7.13. The van der Waals surface area contributed by atoms with Crippen molar-refractivity contribution in [1.29, 1.82) is 0 Å². The molecular weight excluding hydrogens is 446 g/mol. The molecule has 1 aromatic carbocycles. The number of benzene rings is 1. The molecule has 1 aromatic rings. The zero-order valence-electron chi connectivity index (χ0n) is 14.0. The normalized spacial score (nSPS) is 15.2. The maximum absolute atomic E-state index is 14.0. The van der Waals surface area contributed by atoms with E-state index in [9.17, 15) is 61.5 Å². The van der Waals surface area contributed by atoms with Gasteiger partial charge in [-0.2, -0.15) is 61.5 Å². The van der Waals surface area contributed by atoms with E-state index in [1.165, 1.54) is 0 Å². The van der Waals surface area contributed by atoms with Crippen molar-refractivity contribution in [3.05, 3.63) is 40.8 Å². The van der Waals surface area contributed by atoms with Gasteiger partial charge in [-0.15, -0.1) is 0 Å². The van der Waals surface area contributed by atoms with Gasteiger partial charge >= 0.3 is 36.0 Å². The Balaban J connectivity index is 3.83. The Bertz CT molecular complexity index is 738. The van der Waals surface area contributed by atoms with Gasteiger partial charge in [-0.25, -0.2) is 0 Å². The molecule has 0 unspecified atom stereocenters. The number of alkyl halides is 14. The summed E-state index contributed by atoms with van der Waals surface area (Å²) in [6, 6.07) is -1.09. The Morgan fingerprint density at radius 3 is 1.31 bits per heavy atom. The highest BCUT2D eigenvalue weighted by molar-refractivity contribution is 5.45. The van der Waals surface area contributed by atoms with Gasteiger partial charge in [0.15, 0.2) is 0 Å². The highest BCUT2D eigenvalue weighted by atomic mass is 19.4. The second kappa shape index (κ2) is 6.89. The maximum atomic E-state index is 14.0. The molecule has 0 fully saturated rings. The van der Waals surface area contributed by atoms with Crippen LogP contribution in [-0.2, 0) is 11.8 Å². The standard InChI is InChI=1S/C15H9F14/c1-6(2)8-4-3-7(10(16,17)12(20,21)14(24,25)26)5-9(8)11(18,19)13(22,23)15(27,28)29/h3-5H,1-2H3. The molecule has 0 nitrogen and oxygen atoms in total. The van der Waals surface area contributed by atoms with Crippen LogP contribution in [0.25, 0.3) is 0 Å². The quantitative estimate of drug-likeness (QED) is 0.411. The minimum Gasteiger partial charge on any atom is -0.194 e. The molecule has 0 heterocycles. The molecule has 0 atom stereocenters. The minimum absolute atomic E-state index is 0.0285. The van der Waals surface area contributed by atoms with Gasteiger partial charge in [0.25, 0.3) is 0 Å². The molecule has 0 saturated heterocycles. The average Bonchev–Trinajstić information content (AvgIpc) is 2.51. The van der Waals surface area contributed by atoms with Crippen molar-refractivity contribution in [2.45, 2.75) is 49.9 Å². The predicted molar refractivity (Wildman–Crippen MR) is 69.9 cm³/mol. The average molecular weight is 455 g/mol. The lowest BCUT2D eigenvalue weighted by atomic mass is 9.87. The van der Waals surface area contributed by atoms with Gasteiger partial charge in [0.1, 0.15) is 0 Å². The smallest absolute Gasteiger partial charge is 0.194 e. The van der Waals surface area contributed by atoms with E-state index in [1.54, 1.807) is 0 Å². The summed E-state index contributed by atoms with van der Waals surface area (Å²) in [4.78, 5) is 0. The summed E-state index contributed by atoms with van der Waals surface area (Å²) in [7, 11) is 0. The topological polar surface area (TPSA) is 0 Å². The van der Waals surface area contributed by atoms with Crippen LogP contribution in [0.2, 0.25) is 0 Å². The number of rotatable bonds is 5. The van der Waals surface area contributed by atoms with E-state index < -0.39 is 64.7 Å². The van der Waals surface area contributed by atoms with Crippen LogP contribution in [0.15, 0.2) is 18.2 Å². The van der Waals surface area contributed by atoms with Crippen molar-refractivity contribution in [2.75, 3.05) is 0 Å². The molecule has 0 saturated carbocycles. The summed E-state index contributed by atoms with van der Waals surface area (Å²) in [5.41, 5.74) is -6.19. The molecule has 29 heavy (non-hydrogen) atoms. The highest BCUT2D eigenvalue weighted by Crippen LogP contribution is 2.56. The van der Waals surface area contributed by atoms with Gasteiger partial charge in [-0.3, -0.25) is 0 Å². The van der Waals surface area contributed by atoms with Crippen LogP contribution in [-0.4, -0.2) is 24.2 Å². The summed E-state index contributed by atoms with van der Waals surface area (Å²) in [6.07, 6.45) is -13.8. The molecule has 0 aromatic heterocycles. The lowest BCUT2D eigenvalue weighted by Crippen LogP contribution is -2.51. The van der Waals surface area contributed by atoms with Crippen molar-refractivity contribution in [3.63, 3.8) is 0 Å². The molecule has 0 spiro atoms. The largest absolute Gasteiger partial charge is 0.460 e. The fraction of sp³-hybridized carbons (Fsp3) is 0.533. The summed E-state index contributed by atoms with van der Waals surface area (Å²) in [5.74, 6) is -26.7. The Morgan fingerprint density at radius 2 is 0.966 bits per heavy atom. The molecule has 0 aliphatic heterocycles. The van der Waals surface area contributed by atoms with Crippen molar-refractivity contribution in [3.8, 4) is 0 Å². The van der Waals surface area contributed by atoms with Gasteiger partial charge < -0.3 is 0 Å². The Kier molecular flexibility index (Phi) is 6.01. The highest BCUT2D eigenvalue weighted by Gasteiger charge is 2.75. The maximum Gasteiger partial charge on any atom is 0.460 e. The van der Waals surface area contributed by atoms with Gasteiger partial charge in [0.2, 0.25) is 0 Å². The van der Waals surface area contributed by atoms with Gasteiger partial charge in [0, 0.05) is 11.1 Å². The first-order chi connectivity index (χ1) is 12.5. The number of hydrogen-bond donors (Lipinski definition) is 0. The van der Waals surface area contributed by atoms with Gasteiger partial charge in [-0.05, 0) is 17.5 Å². The van der Waals surface area contributed by atoms with Crippen molar-refractivity contribution >= 4 is 0 Å². The third kappa shape index (κ3) is 3.86. The molecule has 0 N–H and O–H groups in total. The van der Waals surface area contributed by atoms with Crippen LogP contribution in [0.5, 0.6) is 0 Å². The molecule has 0 aliphatic rings. The van der Waals surface area contributed by atoms with Crippen molar-refractivity contribution in [2.24, 2.45) is 0 Å². The van der Waals surface area contributed by atoms with Crippen LogP contribution in [0, 0.1) is 5.92 Å². The summed E-state index contributed by atoms with van der Waals surface area (Å²) in [6.45, 7) is 1.76. The molecule has 1 rings (SSSR count). The first-order valence-corrected chi connectivity index (χ1v) is 7.13. The molecule has 0 aliphatic carbocycles. The molecular formula is C15H9F14. The van der Waals surface area contributed by atoms with E-state index in [2.05, 4.69) is 0 Å². The van der Waals surface area contributed by atoms with Crippen LogP contribution in [0.4, 0.5) is 61.5 Å². The zero-order chi connectivity index (χ0) is 23.4. The SMILES string of the molecule is C[C](C)c1ccc(C(F)(F)C(F)(F)C(F)(F)F)cc1C(F)(F)C(F)(F)C(F)(F)F. The summed E-state index contributed by atoms with van der Waals surface area (Å²) >= 11 is 0. The monoisotopic (exact) mass is 455 g/mol. The van der Waals surface area contributed by atoms with Crippen LogP contribution < -0.4 is 0 Å². The second-order valence-electron chi connectivity index (χ2n) is 6.05. The van der Waals surface area contributed by atoms with Crippen LogP contribution in [0.1, 0.15) is 30.5 Å². The molecule has 0 amide bonds. The molecule has 167 valence electrons. The van der Waals surface area contributed by atoms with Crippen LogP contribution >= 0.6 is 0 Å². The predicted octanol–water partition coefficient (Wildman–Crippen LogP) is 7.23. The third-order valence-corrected chi connectivity index (χ3v) is 3.76. The Hall–Kier alpha value is -1.76. The van der Waals surface area contributed by atoms with E-state index in [0.717, 1.165) is 13.8 Å². The van der Waals surface area contributed by atoms with E-state index in [1.807, 2.05) is 0 Å². The second-order valence-corrected chi connectivity index (χ2v) is 6.05. The number of halogens is 14. The van der Waals surface area contributed by atoms with Crippen LogP contribution in [0.3, 0.4) is 0 Å². The van der Waals surface area contributed by atoms with Gasteiger partial charge in [0.05, 0.1) is 0 Å². The summed E-state index contributed by atoms with van der Waals surface area (Å²) < 4.78 is 182. The fourth-order valence-electron chi connectivity index (χ4n) is 2.14. The van der Waals surface area contributed by atoms with E-state index >= 15 is 0 Å². The molecule has 0 bridgehead atoms. The van der Waals surface area contributed by atoms with E-state index in [4.69, 9.17) is 0 Å². The van der Waals surface area contributed by atoms with Crippen molar-refractivity contribution in [1.82, 2.24) is 0 Å². The first kappa shape index (κ1) is 25.3. The third-order valence-electron chi connectivity index (χ3n) is 3.76. The molecule has 14 heteroatoms. The van der Waals surface area contributed by atoms with E-state index in [-0.39, 0.29) is 12.1 Å². The Labute approximate surface area is 153 Å². The summed E-state index contributed by atoms with van der Waals surface area (Å²) in [5, 5.41) is 0. The zero-order valence-corrected chi connectivity index (χ0v) is 14.0. The minimum atomic E-state index is -6.90. The lowest BCUT2D eigenvalue weighted by molar-refractivity contribution is -0.361. The van der Waals surface area contributed by atoms with E-state index in [0.29, 0.717) is 0 Å². The van der Waals surface area contributed by atoms with Crippen molar-refractivity contribution < 1.29 is 61.5 Å². The lowest BCUT2D eigenvalue weighted by Gasteiger charge is -2.32.